The number of thiophene rings is 1. The highest BCUT2D eigenvalue weighted by molar-refractivity contribution is 7.15. The van der Waals surface area contributed by atoms with Crippen LogP contribution in [0.5, 0.6) is 5.75 Å². The van der Waals surface area contributed by atoms with Crippen molar-refractivity contribution in [2.24, 2.45) is 4.99 Å². The summed E-state index contributed by atoms with van der Waals surface area (Å²) in [5, 5.41) is 16.5. The van der Waals surface area contributed by atoms with Crippen LogP contribution in [0.2, 0.25) is 0 Å². The van der Waals surface area contributed by atoms with E-state index in [1.165, 1.54) is 15.3 Å². The molecule has 1 fully saturated rings. The third kappa shape index (κ3) is 5.71. The monoisotopic (exact) mass is 387 g/mol. The van der Waals surface area contributed by atoms with Gasteiger partial charge in [-0.3, -0.25) is 0 Å². The average Bonchev–Trinajstić information content (AvgIpc) is 3.17. The van der Waals surface area contributed by atoms with E-state index in [1.54, 1.807) is 18.4 Å². The molecule has 6 heteroatoms. The molecule has 0 spiro atoms. The second-order valence-electron chi connectivity index (χ2n) is 6.84. The van der Waals surface area contributed by atoms with Crippen molar-refractivity contribution in [1.82, 2.24) is 10.6 Å². The number of hydrogen-bond acceptors (Lipinski definition) is 4. The molecule has 0 radical (unpaired) electrons. The summed E-state index contributed by atoms with van der Waals surface area (Å²) in [6.45, 7) is 3.57. The van der Waals surface area contributed by atoms with Crippen molar-refractivity contribution in [2.75, 3.05) is 13.7 Å². The van der Waals surface area contributed by atoms with Gasteiger partial charge in [0.25, 0.3) is 0 Å². The van der Waals surface area contributed by atoms with Gasteiger partial charge in [-0.25, -0.2) is 4.99 Å². The van der Waals surface area contributed by atoms with Gasteiger partial charge in [-0.1, -0.05) is 0 Å². The number of aliphatic hydroxyl groups excluding tert-OH is 1. The molecule has 1 saturated carbocycles. The quantitative estimate of drug-likeness (QED) is 0.521. The van der Waals surface area contributed by atoms with Crippen LogP contribution in [0.4, 0.5) is 0 Å². The summed E-state index contributed by atoms with van der Waals surface area (Å²) < 4.78 is 5.22. The molecule has 1 aliphatic carbocycles. The number of hydrogen-bond donors (Lipinski definition) is 3. The number of methoxy groups -OCH3 is 1. The lowest BCUT2D eigenvalue weighted by Crippen LogP contribution is -2.45. The fraction of sp³-hybridized carbons (Fsp3) is 0.476. The first-order valence-corrected chi connectivity index (χ1v) is 10.5. The molecule has 0 aliphatic heterocycles. The highest BCUT2D eigenvalue weighted by atomic mass is 32.1. The topological polar surface area (TPSA) is 65.9 Å². The summed E-state index contributed by atoms with van der Waals surface area (Å²) in [6, 6.07) is 12.8. The van der Waals surface area contributed by atoms with Gasteiger partial charge in [-0.05, 0) is 74.6 Å². The van der Waals surface area contributed by atoms with Gasteiger partial charge in [0, 0.05) is 22.3 Å². The SMILES string of the molecule is CCNC(=NCc1ccc(-c2ccc(OC)cc2)s1)NC1CCC(O)CC1. The van der Waals surface area contributed by atoms with Gasteiger partial charge < -0.3 is 20.5 Å². The lowest BCUT2D eigenvalue weighted by atomic mass is 9.93. The summed E-state index contributed by atoms with van der Waals surface area (Å²) in [6.07, 6.45) is 3.59. The van der Waals surface area contributed by atoms with Gasteiger partial charge in [-0.2, -0.15) is 0 Å². The molecule has 0 amide bonds. The molecule has 0 bridgehead atoms. The van der Waals surface area contributed by atoms with E-state index >= 15 is 0 Å². The number of benzene rings is 1. The summed E-state index contributed by atoms with van der Waals surface area (Å²) in [5.74, 6) is 1.73. The minimum Gasteiger partial charge on any atom is -0.497 e. The van der Waals surface area contributed by atoms with Crippen molar-refractivity contribution in [3.8, 4) is 16.2 Å². The van der Waals surface area contributed by atoms with Gasteiger partial charge in [0.1, 0.15) is 5.75 Å². The van der Waals surface area contributed by atoms with Crippen molar-refractivity contribution in [3.05, 3.63) is 41.3 Å². The number of rotatable bonds is 6. The smallest absolute Gasteiger partial charge is 0.191 e. The Kier molecular flexibility index (Phi) is 7.12. The van der Waals surface area contributed by atoms with E-state index in [9.17, 15) is 5.11 Å². The third-order valence-electron chi connectivity index (χ3n) is 4.81. The fourth-order valence-corrected chi connectivity index (χ4v) is 4.20. The normalized spacial score (nSPS) is 20.3. The van der Waals surface area contributed by atoms with E-state index in [4.69, 9.17) is 9.73 Å². The number of nitrogens with zero attached hydrogens (tertiary/aromatic N) is 1. The summed E-state index contributed by atoms with van der Waals surface area (Å²) in [7, 11) is 1.68. The molecule has 0 unspecified atom stereocenters. The Labute approximate surface area is 165 Å². The molecular formula is C21H29N3O2S. The zero-order chi connectivity index (χ0) is 19.1. The zero-order valence-electron chi connectivity index (χ0n) is 16.1. The maximum Gasteiger partial charge on any atom is 0.191 e. The molecule has 0 atom stereocenters. The second kappa shape index (κ2) is 9.76. The zero-order valence-corrected chi connectivity index (χ0v) is 16.9. The van der Waals surface area contributed by atoms with Gasteiger partial charge >= 0.3 is 0 Å². The Hall–Kier alpha value is -2.05. The maximum atomic E-state index is 9.66. The van der Waals surface area contributed by atoms with Gasteiger partial charge in [0.05, 0.1) is 19.8 Å². The molecule has 3 rings (SSSR count). The van der Waals surface area contributed by atoms with Crippen LogP contribution in [0.25, 0.3) is 10.4 Å². The van der Waals surface area contributed by atoms with Crippen LogP contribution in [0.15, 0.2) is 41.4 Å². The molecule has 1 aliphatic rings. The Balaban J connectivity index is 1.61. The number of ether oxygens (including phenoxy) is 1. The van der Waals surface area contributed by atoms with Crippen molar-refractivity contribution < 1.29 is 9.84 Å². The first-order chi connectivity index (χ1) is 13.2. The van der Waals surface area contributed by atoms with Gasteiger partial charge in [0.15, 0.2) is 5.96 Å². The molecule has 1 aromatic heterocycles. The van der Waals surface area contributed by atoms with E-state index in [0.29, 0.717) is 12.6 Å². The molecule has 0 saturated heterocycles. The largest absolute Gasteiger partial charge is 0.497 e. The van der Waals surface area contributed by atoms with Crippen molar-refractivity contribution >= 4 is 17.3 Å². The molecular weight excluding hydrogens is 358 g/mol. The predicted molar refractivity (Wildman–Crippen MR) is 113 cm³/mol. The molecule has 1 aromatic carbocycles. The summed E-state index contributed by atoms with van der Waals surface area (Å²) in [5.41, 5.74) is 1.20. The Morgan fingerprint density at radius 2 is 1.89 bits per heavy atom. The highest BCUT2D eigenvalue weighted by Gasteiger charge is 2.19. The van der Waals surface area contributed by atoms with Gasteiger partial charge in [-0.15, -0.1) is 11.3 Å². The standard InChI is InChI=1S/C21H29N3O2S/c1-3-22-21(24-16-6-8-17(25)9-7-16)23-14-19-12-13-20(27-19)15-4-10-18(26-2)11-5-15/h4-5,10-13,16-17,25H,3,6-9,14H2,1-2H3,(H2,22,23,24). The van der Waals surface area contributed by atoms with E-state index in [-0.39, 0.29) is 6.10 Å². The third-order valence-corrected chi connectivity index (χ3v) is 5.93. The van der Waals surface area contributed by atoms with Crippen LogP contribution in [-0.4, -0.2) is 36.9 Å². The minimum atomic E-state index is -0.134. The van der Waals surface area contributed by atoms with Crippen LogP contribution >= 0.6 is 11.3 Å². The second-order valence-corrected chi connectivity index (χ2v) is 8.01. The summed E-state index contributed by atoms with van der Waals surface area (Å²) in [4.78, 5) is 7.23. The van der Waals surface area contributed by atoms with E-state index < -0.39 is 0 Å². The number of guanidine groups is 1. The predicted octanol–water partition coefficient (Wildman–Crippen LogP) is 3.78. The Morgan fingerprint density at radius 3 is 2.56 bits per heavy atom. The van der Waals surface area contributed by atoms with E-state index in [0.717, 1.165) is 43.9 Å². The molecule has 27 heavy (non-hydrogen) atoms. The van der Waals surface area contributed by atoms with Crippen LogP contribution < -0.4 is 15.4 Å². The first-order valence-electron chi connectivity index (χ1n) is 9.64. The Bertz CT molecular complexity index is 734. The molecule has 3 N–H and O–H groups in total. The van der Waals surface area contributed by atoms with Crippen molar-refractivity contribution in [1.29, 1.82) is 0 Å². The minimum absolute atomic E-state index is 0.134. The van der Waals surface area contributed by atoms with E-state index in [1.807, 2.05) is 12.1 Å². The van der Waals surface area contributed by atoms with Crippen LogP contribution in [0.1, 0.15) is 37.5 Å². The van der Waals surface area contributed by atoms with Crippen LogP contribution in [0, 0.1) is 0 Å². The van der Waals surface area contributed by atoms with Crippen LogP contribution in [0.3, 0.4) is 0 Å². The summed E-state index contributed by atoms with van der Waals surface area (Å²) >= 11 is 1.77. The molecule has 146 valence electrons. The first kappa shape index (κ1) is 19.7. The number of aliphatic imine (C=N–C) groups is 1. The fourth-order valence-electron chi connectivity index (χ4n) is 3.26. The van der Waals surface area contributed by atoms with Gasteiger partial charge in [0.2, 0.25) is 0 Å². The molecule has 1 heterocycles. The lowest BCUT2D eigenvalue weighted by molar-refractivity contribution is 0.120. The number of aliphatic hydroxyl groups is 1. The maximum absolute atomic E-state index is 9.66. The molecule has 5 nitrogen and oxygen atoms in total. The Morgan fingerprint density at radius 1 is 1.15 bits per heavy atom. The van der Waals surface area contributed by atoms with E-state index in [2.05, 4.69) is 41.8 Å². The van der Waals surface area contributed by atoms with Crippen molar-refractivity contribution in [2.45, 2.75) is 51.3 Å². The van der Waals surface area contributed by atoms with Crippen LogP contribution in [-0.2, 0) is 6.54 Å². The average molecular weight is 388 g/mol. The lowest BCUT2D eigenvalue weighted by Gasteiger charge is -2.27. The number of nitrogens with one attached hydrogen (secondary N) is 2. The molecule has 2 aromatic rings. The van der Waals surface area contributed by atoms with Crippen molar-refractivity contribution in [3.63, 3.8) is 0 Å². The highest BCUT2D eigenvalue weighted by Crippen LogP contribution is 2.29.